The van der Waals surface area contributed by atoms with Gasteiger partial charge in [0.15, 0.2) is 0 Å². The maximum atomic E-state index is 13.2. The predicted octanol–water partition coefficient (Wildman–Crippen LogP) is 4.68. The number of nitrogens with one attached hydrogen (secondary N) is 1. The number of carbonyl (C=O) groups is 1. The molecule has 6 nitrogen and oxygen atoms in total. The minimum absolute atomic E-state index is 0.146. The van der Waals surface area contributed by atoms with Crippen molar-refractivity contribution >= 4 is 28.5 Å². The van der Waals surface area contributed by atoms with Crippen LogP contribution in [0.15, 0.2) is 53.3 Å². The topological polar surface area (TPSA) is 67.2 Å². The fourth-order valence-corrected chi connectivity index (χ4v) is 4.41. The lowest BCUT2D eigenvalue weighted by Crippen LogP contribution is -2.44. The second-order valence-electron chi connectivity index (χ2n) is 7.59. The second-order valence-corrected chi connectivity index (χ2v) is 8.00. The van der Waals surface area contributed by atoms with Crippen molar-refractivity contribution in [3.8, 4) is 0 Å². The number of fused-ring (bicyclic) bond motifs is 2. The molecule has 2 amide bonds. The molecule has 2 aromatic carbocycles. The molecule has 1 N–H and O–H groups in total. The third-order valence-electron chi connectivity index (χ3n) is 5.68. The molecule has 0 saturated heterocycles. The molecular weight excluding hydrogens is 400 g/mol. The summed E-state index contributed by atoms with van der Waals surface area (Å²) >= 11 is 6.27. The Morgan fingerprint density at radius 1 is 1.27 bits per heavy atom. The van der Waals surface area contributed by atoms with Crippen LogP contribution in [-0.4, -0.2) is 27.0 Å². The number of urea groups is 1. The van der Waals surface area contributed by atoms with Gasteiger partial charge in [0, 0.05) is 13.1 Å². The molecule has 2 atom stereocenters. The van der Waals surface area contributed by atoms with E-state index < -0.39 is 0 Å². The number of hydrogen-bond acceptors (Lipinski definition) is 3. The lowest BCUT2D eigenvalue weighted by Gasteiger charge is -2.34. The van der Waals surface area contributed by atoms with Gasteiger partial charge in [-0.25, -0.2) is 9.78 Å². The van der Waals surface area contributed by atoms with Crippen molar-refractivity contribution in [2.24, 2.45) is 0 Å². The van der Waals surface area contributed by atoms with Crippen molar-refractivity contribution in [1.82, 2.24) is 19.8 Å². The normalized spacial score (nSPS) is 16.3. The van der Waals surface area contributed by atoms with Crippen LogP contribution in [0.5, 0.6) is 0 Å². The van der Waals surface area contributed by atoms with E-state index in [4.69, 9.17) is 16.6 Å². The fourth-order valence-electron chi connectivity index (χ4n) is 4.16. The molecule has 7 heteroatoms. The van der Waals surface area contributed by atoms with Crippen LogP contribution in [0.1, 0.15) is 50.2 Å². The van der Waals surface area contributed by atoms with Crippen LogP contribution in [0.25, 0.3) is 10.9 Å². The first kappa shape index (κ1) is 20.4. The molecule has 0 spiro atoms. The van der Waals surface area contributed by atoms with Gasteiger partial charge >= 0.3 is 6.03 Å². The monoisotopic (exact) mass is 424 g/mol. The van der Waals surface area contributed by atoms with Gasteiger partial charge in [-0.05, 0) is 37.5 Å². The molecule has 156 valence electrons. The van der Waals surface area contributed by atoms with E-state index in [1.54, 1.807) is 22.8 Å². The van der Waals surface area contributed by atoms with Gasteiger partial charge in [-0.3, -0.25) is 9.36 Å². The molecule has 4 rings (SSSR count). The summed E-state index contributed by atoms with van der Waals surface area (Å²) in [7, 11) is 0. The van der Waals surface area contributed by atoms with Gasteiger partial charge < -0.3 is 10.2 Å². The van der Waals surface area contributed by atoms with Crippen molar-refractivity contribution in [1.29, 1.82) is 0 Å². The first-order chi connectivity index (χ1) is 14.5. The number of carbonyl (C=O) groups excluding carboxylic acids is 1. The molecule has 0 aliphatic carbocycles. The molecule has 3 aromatic rings. The minimum Gasteiger partial charge on any atom is -0.338 e. The smallest absolute Gasteiger partial charge is 0.318 e. The van der Waals surface area contributed by atoms with Crippen molar-refractivity contribution < 1.29 is 4.79 Å². The summed E-state index contributed by atoms with van der Waals surface area (Å²) in [5.41, 5.74) is 1.45. The highest BCUT2D eigenvalue weighted by molar-refractivity contribution is 6.35. The number of amides is 2. The highest BCUT2D eigenvalue weighted by Gasteiger charge is 2.37. The van der Waals surface area contributed by atoms with E-state index >= 15 is 0 Å². The van der Waals surface area contributed by atoms with Crippen LogP contribution in [0.2, 0.25) is 5.02 Å². The van der Waals surface area contributed by atoms with Crippen LogP contribution in [0.3, 0.4) is 0 Å². The predicted molar refractivity (Wildman–Crippen MR) is 119 cm³/mol. The van der Waals surface area contributed by atoms with Gasteiger partial charge in [0.1, 0.15) is 5.82 Å². The average Bonchev–Trinajstić information content (AvgIpc) is 3.17. The Kier molecular flexibility index (Phi) is 5.77. The fraction of sp³-hybridized carbons (Fsp3) is 0.348. The van der Waals surface area contributed by atoms with Crippen molar-refractivity contribution in [3.05, 3.63) is 75.3 Å². The van der Waals surface area contributed by atoms with Crippen LogP contribution < -0.4 is 10.9 Å². The van der Waals surface area contributed by atoms with Crippen molar-refractivity contribution in [3.63, 3.8) is 0 Å². The maximum Gasteiger partial charge on any atom is 0.318 e. The van der Waals surface area contributed by atoms with Gasteiger partial charge in [-0.15, -0.1) is 0 Å². The molecule has 1 aliphatic rings. The Morgan fingerprint density at radius 2 is 2.03 bits per heavy atom. The molecular formula is C23H25ClN4O2. The summed E-state index contributed by atoms with van der Waals surface area (Å²) in [6.07, 6.45) is 1.48. The quantitative estimate of drug-likeness (QED) is 0.646. The van der Waals surface area contributed by atoms with E-state index in [9.17, 15) is 9.59 Å². The first-order valence-corrected chi connectivity index (χ1v) is 10.7. The van der Waals surface area contributed by atoms with Gasteiger partial charge in [-0.2, -0.15) is 0 Å². The largest absolute Gasteiger partial charge is 0.338 e. The number of rotatable bonds is 5. The number of hydrogen-bond donors (Lipinski definition) is 1. The Hall–Kier alpha value is -2.86. The molecule has 30 heavy (non-hydrogen) atoms. The summed E-state index contributed by atoms with van der Waals surface area (Å²) in [5.74, 6) is 0.615. The van der Waals surface area contributed by atoms with Crippen molar-refractivity contribution in [2.75, 3.05) is 6.54 Å². The molecule has 0 bridgehead atoms. The summed E-state index contributed by atoms with van der Waals surface area (Å²) < 4.78 is 1.66. The van der Waals surface area contributed by atoms with E-state index in [0.717, 1.165) is 12.0 Å². The van der Waals surface area contributed by atoms with E-state index in [0.29, 0.717) is 41.3 Å². The van der Waals surface area contributed by atoms with E-state index in [1.807, 2.05) is 49.1 Å². The number of benzene rings is 2. The molecule has 1 aliphatic heterocycles. The zero-order valence-corrected chi connectivity index (χ0v) is 17.9. The number of aromatic nitrogens is 2. The molecule has 1 aromatic heterocycles. The van der Waals surface area contributed by atoms with Gasteiger partial charge in [0.05, 0.1) is 28.0 Å². The maximum absolute atomic E-state index is 13.2. The minimum atomic E-state index is -0.298. The molecule has 0 fully saturated rings. The average molecular weight is 425 g/mol. The summed E-state index contributed by atoms with van der Waals surface area (Å²) in [6, 6.07) is 14.6. The number of nitrogens with zero attached hydrogens (tertiary/aromatic N) is 3. The van der Waals surface area contributed by atoms with Gasteiger partial charge in [-0.1, -0.05) is 54.9 Å². The molecule has 2 heterocycles. The highest BCUT2D eigenvalue weighted by atomic mass is 35.5. The van der Waals surface area contributed by atoms with Crippen LogP contribution in [-0.2, 0) is 6.54 Å². The zero-order valence-electron chi connectivity index (χ0n) is 17.1. The Labute approximate surface area is 180 Å². The second kappa shape index (κ2) is 8.48. The third-order valence-corrected chi connectivity index (χ3v) is 6.00. The highest BCUT2D eigenvalue weighted by Crippen LogP contribution is 2.36. The summed E-state index contributed by atoms with van der Waals surface area (Å²) in [6.45, 7) is 5.13. The van der Waals surface area contributed by atoms with Crippen LogP contribution in [0.4, 0.5) is 4.79 Å². The molecule has 2 unspecified atom stereocenters. The van der Waals surface area contributed by atoms with Crippen molar-refractivity contribution in [2.45, 2.75) is 45.3 Å². The third kappa shape index (κ3) is 3.56. The standard InChI is InChI=1S/C23H25ClN4O2/c1-3-13-25-23(30)28(15(2)16-8-5-4-6-9-16)19-12-14-27-21(19)26-18-11-7-10-17(24)20(18)22(27)29/h4-11,15,19H,3,12-14H2,1-2H3,(H,25,30). The lowest BCUT2D eigenvalue weighted by molar-refractivity contribution is 0.147. The molecule has 0 radical (unpaired) electrons. The Morgan fingerprint density at radius 3 is 2.77 bits per heavy atom. The SMILES string of the molecule is CCCNC(=O)N(C(C)c1ccccc1)C1CCn2c1nc1cccc(Cl)c1c2=O. The Balaban J connectivity index is 1.81. The van der Waals surface area contributed by atoms with E-state index in [-0.39, 0.29) is 23.7 Å². The van der Waals surface area contributed by atoms with E-state index in [1.165, 1.54) is 0 Å². The van der Waals surface area contributed by atoms with Crippen LogP contribution >= 0.6 is 11.6 Å². The lowest BCUT2D eigenvalue weighted by atomic mass is 10.0. The molecule has 0 saturated carbocycles. The summed E-state index contributed by atoms with van der Waals surface area (Å²) in [4.78, 5) is 32.9. The first-order valence-electron chi connectivity index (χ1n) is 10.3. The van der Waals surface area contributed by atoms with E-state index in [2.05, 4.69) is 5.32 Å². The van der Waals surface area contributed by atoms with Gasteiger partial charge in [0.2, 0.25) is 0 Å². The number of halogens is 1. The Bertz CT molecular complexity index is 1130. The van der Waals surface area contributed by atoms with Gasteiger partial charge in [0.25, 0.3) is 5.56 Å². The zero-order chi connectivity index (χ0) is 21.3. The summed E-state index contributed by atoms with van der Waals surface area (Å²) in [5, 5.41) is 3.84. The van der Waals surface area contributed by atoms with Crippen LogP contribution in [0, 0.1) is 0 Å².